The zero-order valence-corrected chi connectivity index (χ0v) is 17.8. The highest BCUT2D eigenvalue weighted by atomic mass is 35.5. The summed E-state index contributed by atoms with van der Waals surface area (Å²) >= 11 is 6.16. The number of piperidine rings is 1. The maximum absolute atomic E-state index is 13.0. The lowest BCUT2D eigenvalue weighted by atomic mass is 9.95. The summed E-state index contributed by atoms with van der Waals surface area (Å²) in [5.74, 6) is -0.195. The number of carbonyl (C=O) groups is 2. The Morgan fingerprint density at radius 1 is 1.07 bits per heavy atom. The molecule has 0 aliphatic carbocycles. The molecule has 30 heavy (non-hydrogen) atoms. The molecule has 1 heterocycles. The molecule has 3 aromatic rings. The molecule has 4 nitrogen and oxygen atoms in total. The Balaban J connectivity index is 1.43. The van der Waals surface area contributed by atoms with Crippen LogP contribution < -0.4 is 5.32 Å². The molecule has 1 atom stereocenters. The van der Waals surface area contributed by atoms with Gasteiger partial charge in [0, 0.05) is 23.8 Å². The van der Waals surface area contributed by atoms with E-state index in [0.717, 1.165) is 40.4 Å². The van der Waals surface area contributed by atoms with Crippen LogP contribution in [0, 0.1) is 12.8 Å². The Labute approximate surface area is 181 Å². The first-order valence-corrected chi connectivity index (χ1v) is 10.7. The van der Waals surface area contributed by atoms with Crippen LogP contribution in [0.2, 0.25) is 5.02 Å². The number of benzene rings is 3. The van der Waals surface area contributed by atoms with Crippen LogP contribution >= 0.6 is 11.6 Å². The van der Waals surface area contributed by atoms with Gasteiger partial charge >= 0.3 is 0 Å². The average molecular weight is 421 g/mol. The molecule has 4 rings (SSSR count). The fourth-order valence-electron chi connectivity index (χ4n) is 4.12. The summed E-state index contributed by atoms with van der Waals surface area (Å²) in [6, 6.07) is 19.7. The van der Waals surface area contributed by atoms with E-state index in [9.17, 15) is 9.59 Å². The smallest absolute Gasteiger partial charge is 0.229 e. The van der Waals surface area contributed by atoms with Crippen molar-refractivity contribution < 1.29 is 9.59 Å². The second-order valence-corrected chi connectivity index (χ2v) is 8.30. The van der Waals surface area contributed by atoms with Crippen LogP contribution in [-0.2, 0) is 16.0 Å². The highest BCUT2D eigenvalue weighted by Crippen LogP contribution is 2.26. The number of nitrogens with one attached hydrogen (secondary N) is 1. The van der Waals surface area contributed by atoms with Gasteiger partial charge in [-0.3, -0.25) is 9.59 Å². The van der Waals surface area contributed by atoms with E-state index in [4.69, 9.17) is 11.6 Å². The van der Waals surface area contributed by atoms with E-state index in [1.807, 2.05) is 48.2 Å². The van der Waals surface area contributed by atoms with Crippen LogP contribution in [0.3, 0.4) is 0 Å². The van der Waals surface area contributed by atoms with Crippen molar-refractivity contribution in [1.29, 1.82) is 0 Å². The van der Waals surface area contributed by atoms with Gasteiger partial charge in [0.05, 0.1) is 12.3 Å². The fourth-order valence-corrected chi connectivity index (χ4v) is 4.29. The van der Waals surface area contributed by atoms with Crippen LogP contribution in [-0.4, -0.2) is 29.8 Å². The normalized spacial score (nSPS) is 16.5. The SMILES string of the molecule is Cc1c(Cl)cccc1NC(=O)C1CCCN(C(=O)Cc2cccc3ccccc23)C1. The Hall–Kier alpha value is -2.85. The lowest BCUT2D eigenvalue weighted by Crippen LogP contribution is -2.44. The van der Waals surface area contributed by atoms with Crippen LogP contribution in [0.1, 0.15) is 24.0 Å². The molecule has 1 aliphatic rings. The van der Waals surface area contributed by atoms with Gasteiger partial charge in [0.25, 0.3) is 0 Å². The predicted octanol–water partition coefficient (Wildman–Crippen LogP) is 5.22. The van der Waals surface area contributed by atoms with Gasteiger partial charge < -0.3 is 10.2 Å². The second kappa shape index (κ2) is 8.88. The minimum atomic E-state index is -0.214. The number of amides is 2. The summed E-state index contributed by atoms with van der Waals surface area (Å²) in [6.45, 7) is 3.04. The molecule has 154 valence electrons. The third-order valence-corrected chi connectivity index (χ3v) is 6.30. The molecular weight excluding hydrogens is 396 g/mol. The average Bonchev–Trinajstić information content (AvgIpc) is 2.77. The van der Waals surface area contributed by atoms with E-state index in [1.165, 1.54) is 0 Å². The molecule has 1 unspecified atom stereocenters. The van der Waals surface area contributed by atoms with E-state index in [2.05, 4.69) is 23.5 Å². The van der Waals surface area contributed by atoms with Gasteiger partial charge in [-0.2, -0.15) is 0 Å². The van der Waals surface area contributed by atoms with Gasteiger partial charge in [0.2, 0.25) is 11.8 Å². The Bertz CT molecular complexity index is 1090. The molecule has 5 heteroatoms. The quantitative estimate of drug-likeness (QED) is 0.628. The molecule has 1 aliphatic heterocycles. The number of hydrogen-bond donors (Lipinski definition) is 1. The van der Waals surface area contributed by atoms with Crippen LogP contribution in [0.4, 0.5) is 5.69 Å². The third-order valence-electron chi connectivity index (χ3n) is 5.89. The van der Waals surface area contributed by atoms with Crippen LogP contribution in [0.15, 0.2) is 60.7 Å². The molecule has 1 fully saturated rings. The molecule has 2 amide bonds. The molecule has 0 saturated carbocycles. The minimum Gasteiger partial charge on any atom is -0.342 e. The molecular formula is C25H25ClN2O2. The second-order valence-electron chi connectivity index (χ2n) is 7.90. The Morgan fingerprint density at radius 3 is 2.70 bits per heavy atom. The first-order valence-electron chi connectivity index (χ1n) is 10.3. The Morgan fingerprint density at radius 2 is 1.83 bits per heavy atom. The summed E-state index contributed by atoms with van der Waals surface area (Å²) in [4.78, 5) is 27.7. The van der Waals surface area contributed by atoms with E-state index < -0.39 is 0 Å². The van der Waals surface area contributed by atoms with Crippen molar-refractivity contribution in [1.82, 2.24) is 4.90 Å². The van der Waals surface area contributed by atoms with Gasteiger partial charge in [0.1, 0.15) is 0 Å². The number of likely N-dealkylation sites (tertiary alicyclic amines) is 1. The van der Waals surface area contributed by atoms with E-state index in [-0.39, 0.29) is 17.7 Å². The number of carbonyl (C=O) groups excluding carboxylic acids is 2. The number of fused-ring (bicyclic) bond motifs is 1. The van der Waals surface area contributed by atoms with Gasteiger partial charge in [0.15, 0.2) is 0 Å². The number of anilines is 1. The molecule has 0 aromatic heterocycles. The molecule has 3 aromatic carbocycles. The highest BCUT2D eigenvalue weighted by molar-refractivity contribution is 6.31. The summed E-state index contributed by atoms with van der Waals surface area (Å²) in [6.07, 6.45) is 1.96. The maximum Gasteiger partial charge on any atom is 0.229 e. The van der Waals surface area contributed by atoms with Crippen LogP contribution in [0.5, 0.6) is 0 Å². The lowest BCUT2D eigenvalue weighted by molar-refractivity contribution is -0.133. The van der Waals surface area contributed by atoms with Crippen molar-refractivity contribution in [2.75, 3.05) is 18.4 Å². The standard InChI is InChI=1S/C25H25ClN2O2/c1-17-22(26)12-5-13-23(17)27-25(30)20-10-6-14-28(16-20)24(29)15-19-9-4-8-18-7-2-3-11-21(18)19/h2-5,7-9,11-13,20H,6,10,14-16H2,1H3,(H,27,30). The molecule has 1 N–H and O–H groups in total. The van der Waals surface area contributed by atoms with Crippen LogP contribution in [0.25, 0.3) is 10.8 Å². The number of halogens is 1. The first kappa shape index (κ1) is 20.4. The van der Waals surface area contributed by atoms with Gasteiger partial charge in [-0.15, -0.1) is 0 Å². The van der Waals surface area contributed by atoms with Crippen molar-refractivity contribution >= 4 is 39.9 Å². The number of hydrogen-bond acceptors (Lipinski definition) is 2. The van der Waals surface area contributed by atoms with Gasteiger partial charge in [-0.05, 0) is 53.8 Å². The molecule has 0 bridgehead atoms. The molecule has 0 radical (unpaired) electrons. The summed E-state index contributed by atoms with van der Waals surface area (Å²) < 4.78 is 0. The zero-order valence-electron chi connectivity index (χ0n) is 17.0. The first-order chi connectivity index (χ1) is 14.5. The fraction of sp³-hybridized carbons (Fsp3) is 0.280. The Kier molecular flexibility index (Phi) is 6.05. The summed E-state index contributed by atoms with van der Waals surface area (Å²) in [5.41, 5.74) is 2.61. The summed E-state index contributed by atoms with van der Waals surface area (Å²) in [5, 5.41) is 5.86. The maximum atomic E-state index is 13.0. The van der Waals surface area contributed by atoms with Crippen molar-refractivity contribution in [2.24, 2.45) is 5.92 Å². The van der Waals surface area contributed by atoms with E-state index in [0.29, 0.717) is 24.5 Å². The van der Waals surface area contributed by atoms with Gasteiger partial charge in [-0.25, -0.2) is 0 Å². The molecule has 0 spiro atoms. The lowest BCUT2D eigenvalue weighted by Gasteiger charge is -2.32. The van der Waals surface area contributed by atoms with Crippen molar-refractivity contribution in [2.45, 2.75) is 26.2 Å². The molecule has 1 saturated heterocycles. The van der Waals surface area contributed by atoms with Gasteiger partial charge in [-0.1, -0.05) is 60.1 Å². The van der Waals surface area contributed by atoms with Crippen molar-refractivity contribution in [3.63, 3.8) is 0 Å². The zero-order chi connectivity index (χ0) is 21.1. The van der Waals surface area contributed by atoms with E-state index >= 15 is 0 Å². The van der Waals surface area contributed by atoms with Crippen molar-refractivity contribution in [3.05, 3.63) is 76.8 Å². The largest absolute Gasteiger partial charge is 0.342 e. The van der Waals surface area contributed by atoms with Crippen molar-refractivity contribution in [3.8, 4) is 0 Å². The minimum absolute atomic E-state index is 0.0528. The monoisotopic (exact) mass is 420 g/mol. The van der Waals surface area contributed by atoms with E-state index in [1.54, 1.807) is 6.07 Å². The number of rotatable bonds is 4. The summed E-state index contributed by atoms with van der Waals surface area (Å²) in [7, 11) is 0. The predicted molar refractivity (Wildman–Crippen MR) is 122 cm³/mol. The topological polar surface area (TPSA) is 49.4 Å². The highest BCUT2D eigenvalue weighted by Gasteiger charge is 2.29. The third kappa shape index (κ3) is 4.34. The number of nitrogens with zero attached hydrogens (tertiary/aromatic N) is 1.